The fraction of sp³-hybridized carbons (Fsp3) is 0.857. The zero-order chi connectivity index (χ0) is 9.41. The largest absolute Gasteiger partial charge is 0.410 e. The molecule has 0 aliphatic carbocycles. The van der Waals surface area contributed by atoms with Gasteiger partial charge in [-0.1, -0.05) is 16.8 Å². The number of oxime groups is 1. The number of halogens is 1. The van der Waals surface area contributed by atoms with Crippen LogP contribution in [-0.2, 0) is 9.47 Å². The lowest BCUT2D eigenvalue weighted by molar-refractivity contribution is -0.144. The normalized spacial score (nSPS) is 35.5. The van der Waals surface area contributed by atoms with Crippen molar-refractivity contribution in [1.82, 2.24) is 0 Å². The molecule has 1 atom stereocenters. The van der Waals surface area contributed by atoms with Gasteiger partial charge in [0.2, 0.25) is 0 Å². The lowest BCUT2D eigenvalue weighted by Crippen LogP contribution is -2.36. The lowest BCUT2D eigenvalue weighted by atomic mass is 10.1. The lowest BCUT2D eigenvalue weighted by Gasteiger charge is -2.22. The van der Waals surface area contributed by atoms with E-state index in [0.29, 0.717) is 6.61 Å². The van der Waals surface area contributed by atoms with Crippen LogP contribution in [0.4, 0.5) is 0 Å². The summed E-state index contributed by atoms with van der Waals surface area (Å²) in [5.74, 6) is -0.667. The van der Waals surface area contributed by atoms with Crippen molar-refractivity contribution in [3.63, 3.8) is 0 Å². The maximum atomic E-state index is 8.45. The van der Waals surface area contributed by atoms with Crippen LogP contribution in [0.3, 0.4) is 0 Å². The van der Waals surface area contributed by atoms with Crippen molar-refractivity contribution in [3.8, 4) is 0 Å². The molecule has 0 saturated carbocycles. The van der Waals surface area contributed by atoms with Crippen LogP contribution < -0.4 is 0 Å². The van der Waals surface area contributed by atoms with E-state index in [4.69, 9.17) is 26.3 Å². The standard InChI is InChI=1S/C7H12ClNO3/c1-6(2)11-4-7(3,12-6)5(8)9-10/h10H,4H2,1-3H3/t7-/m1/s1. The van der Waals surface area contributed by atoms with Crippen LogP contribution in [0, 0.1) is 0 Å². The summed E-state index contributed by atoms with van der Waals surface area (Å²) in [5.41, 5.74) is -0.820. The monoisotopic (exact) mass is 193 g/mol. The van der Waals surface area contributed by atoms with Crippen LogP contribution in [0.1, 0.15) is 20.8 Å². The van der Waals surface area contributed by atoms with Gasteiger partial charge in [-0.3, -0.25) is 0 Å². The van der Waals surface area contributed by atoms with Crippen molar-refractivity contribution in [2.75, 3.05) is 6.61 Å². The van der Waals surface area contributed by atoms with Crippen molar-refractivity contribution in [2.24, 2.45) is 5.16 Å². The molecule has 0 spiro atoms. The Bertz CT molecular complexity index is 217. The fourth-order valence-electron chi connectivity index (χ4n) is 1.12. The second-order valence-corrected chi connectivity index (χ2v) is 3.77. The molecule has 0 bridgehead atoms. The minimum atomic E-state index is -0.820. The molecular weight excluding hydrogens is 182 g/mol. The molecule has 1 heterocycles. The maximum Gasteiger partial charge on any atom is 0.179 e. The molecular formula is C7H12ClNO3. The summed E-state index contributed by atoms with van der Waals surface area (Å²) in [5, 5.41) is 11.3. The second-order valence-electron chi connectivity index (χ2n) is 3.41. The Morgan fingerprint density at radius 1 is 1.50 bits per heavy atom. The van der Waals surface area contributed by atoms with Crippen LogP contribution in [0.2, 0.25) is 0 Å². The topological polar surface area (TPSA) is 51.0 Å². The average Bonchev–Trinajstić information content (AvgIpc) is 2.25. The third-order valence-electron chi connectivity index (χ3n) is 1.69. The molecule has 1 aliphatic rings. The third-order valence-corrected chi connectivity index (χ3v) is 2.17. The summed E-state index contributed by atoms with van der Waals surface area (Å²) >= 11 is 5.64. The van der Waals surface area contributed by atoms with E-state index in [1.165, 1.54) is 0 Å². The van der Waals surface area contributed by atoms with Crippen molar-refractivity contribution >= 4 is 16.8 Å². The number of rotatable bonds is 1. The minimum absolute atomic E-state index is 0.00748. The number of ether oxygens (including phenoxy) is 2. The van der Waals surface area contributed by atoms with Crippen molar-refractivity contribution in [2.45, 2.75) is 32.2 Å². The van der Waals surface area contributed by atoms with Crippen LogP contribution in [0.25, 0.3) is 0 Å². The van der Waals surface area contributed by atoms with Crippen LogP contribution >= 0.6 is 11.6 Å². The zero-order valence-electron chi connectivity index (χ0n) is 7.30. The van der Waals surface area contributed by atoms with E-state index in [1.807, 2.05) is 0 Å². The Hall–Kier alpha value is -0.320. The summed E-state index contributed by atoms with van der Waals surface area (Å²) in [6.07, 6.45) is 0. The van der Waals surface area contributed by atoms with Crippen LogP contribution in [0.5, 0.6) is 0 Å². The van der Waals surface area contributed by atoms with Gasteiger partial charge in [0.25, 0.3) is 0 Å². The molecule has 1 rings (SSSR count). The highest BCUT2D eigenvalue weighted by atomic mass is 35.5. The van der Waals surface area contributed by atoms with Gasteiger partial charge in [0.05, 0.1) is 6.61 Å². The molecule has 0 aromatic carbocycles. The van der Waals surface area contributed by atoms with Gasteiger partial charge in [0, 0.05) is 0 Å². The Morgan fingerprint density at radius 3 is 2.42 bits per heavy atom. The van der Waals surface area contributed by atoms with Gasteiger partial charge in [0.1, 0.15) is 5.60 Å². The summed E-state index contributed by atoms with van der Waals surface area (Å²) in [6, 6.07) is 0. The van der Waals surface area contributed by atoms with Crippen LogP contribution in [-0.4, -0.2) is 28.4 Å². The van der Waals surface area contributed by atoms with Gasteiger partial charge in [-0.05, 0) is 20.8 Å². The number of hydrogen-bond donors (Lipinski definition) is 1. The number of nitrogens with zero attached hydrogens (tertiary/aromatic N) is 1. The SMILES string of the molecule is CC1(C)OC[C@](C)(C(Cl)=NO)O1. The Morgan fingerprint density at radius 2 is 2.08 bits per heavy atom. The van der Waals surface area contributed by atoms with Gasteiger partial charge in [-0.15, -0.1) is 0 Å². The van der Waals surface area contributed by atoms with Gasteiger partial charge in [0.15, 0.2) is 11.0 Å². The first-order valence-corrected chi connectivity index (χ1v) is 4.00. The van der Waals surface area contributed by atoms with E-state index in [0.717, 1.165) is 0 Å². The highest BCUT2D eigenvalue weighted by Crippen LogP contribution is 2.32. The van der Waals surface area contributed by atoms with Gasteiger partial charge >= 0.3 is 0 Å². The first-order chi connectivity index (χ1) is 5.40. The quantitative estimate of drug-likeness (QED) is 0.391. The molecule has 0 aromatic rings. The smallest absolute Gasteiger partial charge is 0.179 e. The van der Waals surface area contributed by atoms with E-state index in [1.54, 1.807) is 20.8 Å². The van der Waals surface area contributed by atoms with Gasteiger partial charge in [-0.2, -0.15) is 0 Å². The predicted octanol–water partition coefficient (Wildman–Crippen LogP) is 1.55. The number of hydrogen-bond acceptors (Lipinski definition) is 4. The van der Waals surface area contributed by atoms with Crippen molar-refractivity contribution in [3.05, 3.63) is 0 Å². The van der Waals surface area contributed by atoms with Crippen LogP contribution in [0.15, 0.2) is 5.16 Å². The van der Waals surface area contributed by atoms with E-state index in [-0.39, 0.29) is 5.17 Å². The van der Waals surface area contributed by atoms with E-state index >= 15 is 0 Å². The highest BCUT2D eigenvalue weighted by molar-refractivity contribution is 6.67. The summed E-state index contributed by atoms with van der Waals surface area (Å²) in [4.78, 5) is 0. The molecule has 12 heavy (non-hydrogen) atoms. The summed E-state index contributed by atoms with van der Waals surface area (Å²) in [7, 11) is 0. The molecule has 0 amide bonds. The van der Waals surface area contributed by atoms with E-state index in [2.05, 4.69) is 5.16 Å². The third kappa shape index (κ3) is 1.71. The van der Waals surface area contributed by atoms with Crippen molar-refractivity contribution < 1.29 is 14.7 Å². The fourth-order valence-corrected chi connectivity index (χ4v) is 1.21. The van der Waals surface area contributed by atoms with Gasteiger partial charge in [-0.25, -0.2) is 0 Å². The first-order valence-electron chi connectivity index (χ1n) is 3.62. The van der Waals surface area contributed by atoms with Crippen molar-refractivity contribution in [1.29, 1.82) is 0 Å². The molecule has 4 nitrogen and oxygen atoms in total. The minimum Gasteiger partial charge on any atom is -0.410 e. The summed E-state index contributed by atoms with van der Waals surface area (Å²) < 4.78 is 10.7. The molecule has 1 saturated heterocycles. The molecule has 70 valence electrons. The molecule has 5 heteroatoms. The Labute approximate surface area is 76.1 Å². The highest BCUT2D eigenvalue weighted by Gasteiger charge is 2.45. The molecule has 0 unspecified atom stereocenters. The van der Waals surface area contributed by atoms with E-state index < -0.39 is 11.4 Å². The van der Waals surface area contributed by atoms with Gasteiger partial charge < -0.3 is 14.7 Å². The zero-order valence-corrected chi connectivity index (χ0v) is 8.05. The Kier molecular flexibility index (Phi) is 2.33. The molecule has 1 N–H and O–H groups in total. The maximum absolute atomic E-state index is 8.45. The summed E-state index contributed by atoms with van der Waals surface area (Å²) in [6.45, 7) is 5.56. The molecule has 0 aromatic heterocycles. The molecule has 1 fully saturated rings. The first kappa shape index (κ1) is 9.77. The average molecular weight is 194 g/mol. The predicted molar refractivity (Wildman–Crippen MR) is 44.6 cm³/mol. The Balaban J connectivity index is 2.78. The second kappa shape index (κ2) is 2.87. The molecule has 0 radical (unpaired) electrons. The molecule has 1 aliphatic heterocycles. The van der Waals surface area contributed by atoms with E-state index in [9.17, 15) is 0 Å².